The zero-order chi connectivity index (χ0) is 28.2. The zero-order valence-electron chi connectivity index (χ0n) is 23.9. The molecule has 6 rings (SSSR count). The van der Waals surface area contributed by atoms with Gasteiger partial charge in [-0.1, -0.05) is 148 Å². The minimum atomic E-state index is -0.684. The third-order valence-corrected chi connectivity index (χ3v) is 8.90. The zero-order valence-corrected chi connectivity index (χ0v) is 26.4. The molecule has 0 N–H and O–H groups in total. The molecule has 0 aliphatic carbocycles. The van der Waals surface area contributed by atoms with Crippen LogP contribution < -0.4 is 15.9 Å². The smallest absolute Gasteiger partial charge is 0.0541 e. The third kappa shape index (κ3) is 6.70. The summed E-state index contributed by atoms with van der Waals surface area (Å²) in [5.74, 6) is 0. The van der Waals surface area contributed by atoms with Gasteiger partial charge >= 0.3 is 0 Å². The van der Waals surface area contributed by atoms with Gasteiger partial charge in [0.05, 0.1) is 11.0 Å². The molecule has 0 aliphatic rings. The third-order valence-electron chi connectivity index (χ3n) is 6.01. The fourth-order valence-electron chi connectivity index (χ4n) is 4.61. The van der Waals surface area contributed by atoms with Crippen molar-refractivity contribution >= 4 is 61.6 Å². The van der Waals surface area contributed by atoms with E-state index in [9.17, 15) is 0 Å². The number of nitrogens with zero attached hydrogens (tertiary/aromatic N) is 1. The van der Waals surface area contributed by atoms with E-state index in [2.05, 4.69) is 148 Å². The van der Waals surface area contributed by atoms with E-state index in [1.807, 2.05) is 41.5 Å². The Morgan fingerprint density at radius 3 is 1.49 bits per heavy atom. The summed E-state index contributed by atoms with van der Waals surface area (Å²) in [6, 6.07) is 46.0. The molecule has 0 aliphatic heterocycles. The quantitative estimate of drug-likeness (QED) is 0.179. The van der Waals surface area contributed by atoms with Gasteiger partial charge in [0.25, 0.3) is 0 Å². The maximum absolute atomic E-state index is 3.68. The van der Waals surface area contributed by atoms with E-state index in [0.29, 0.717) is 0 Å². The van der Waals surface area contributed by atoms with Crippen LogP contribution in [0.4, 0.5) is 0 Å². The van der Waals surface area contributed by atoms with E-state index in [0.717, 1.165) is 4.47 Å². The topological polar surface area (TPSA) is 4.93 Å². The lowest BCUT2D eigenvalue weighted by molar-refractivity contribution is 1.18. The van der Waals surface area contributed by atoms with Gasteiger partial charge in [-0.15, -0.1) is 0 Å². The first-order chi connectivity index (χ1) is 19.3. The van der Waals surface area contributed by atoms with Gasteiger partial charge in [-0.2, -0.15) is 0 Å². The highest BCUT2D eigenvalue weighted by molar-refractivity contribution is 9.10. The van der Waals surface area contributed by atoms with Crippen LogP contribution in [0.1, 0.15) is 41.5 Å². The Balaban J connectivity index is 0.000000657. The van der Waals surface area contributed by atoms with Gasteiger partial charge in [0.1, 0.15) is 0 Å². The van der Waals surface area contributed by atoms with Gasteiger partial charge in [-0.3, -0.25) is 0 Å². The van der Waals surface area contributed by atoms with Gasteiger partial charge in [-0.05, 0) is 60.2 Å². The summed E-state index contributed by atoms with van der Waals surface area (Å²) >= 11 is 3.68. The molecule has 0 saturated heterocycles. The molecule has 1 unspecified atom stereocenters. The summed E-state index contributed by atoms with van der Waals surface area (Å²) in [6.45, 7) is 12.0. The van der Waals surface area contributed by atoms with E-state index in [1.165, 1.54) is 43.4 Å². The highest BCUT2D eigenvalue weighted by Gasteiger charge is 2.18. The molecule has 6 aromatic rings. The summed E-state index contributed by atoms with van der Waals surface area (Å²) in [5, 5.41) is 6.61. The fourth-order valence-corrected chi connectivity index (χ4v) is 7.55. The standard InChI is InChI=1S/C30H21BrNP.3C2H6/c31-22-10-8-14-25(20-22)33(24-12-2-1-3-13-24)26-15-9-11-23(21-26)32-29-18-6-4-16-27(29)28-17-5-7-19-30(28)32;3*1-2/h1-21H;3*1-2H3. The van der Waals surface area contributed by atoms with Crippen molar-refractivity contribution in [2.24, 2.45) is 0 Å². The summed E-state index contributed by atoms with van der Waals surface area (Å²) < 4.78 is 3.51. The van der Waals surface area contributed by atoms with Crippen LogP contribution in [0.3, 0.4) is 0 Å². The van der Waals surface area contributed by atoms with Crippen molar-refractivity contribution in [3.63, 3.8) is 0 Å². The average molecular weight is 597 g/mol. The summed E-state index contributed by atoms with van der Waals surface area (Å²) in [6.07, 6.45) is 0. The molecule has 0 radical (unpaired) electrons. The van der Waals surface area contributed by atoms with Gasteiger partial charge < -0.3 is 4.57 Å². The highest BCUT2D eigenvalue weighted by Crippen LogP contribution is 2.36. The minimum Gasteiger partial charge on any atom is -0.309 e. The monoisotopic (exact) mass is 595 g/mol. The van der Waals surface area contributed by atoms with Crippen LogP contribution in [0.2, 0.25) is 0 Å². The Hall–Kier alpha value is -3.19. The van der Waals surface area contributed by atoms with Crippen molar-refractivity contribution in [3.8, 4) is 5.69 Å². The largest absolute Gasteiger partial charge is 0.309 e. The van der Waals surface area contributed by atoms with Crippen molar-refractivity contribution < 1.29 is 0 Å². The number of aromatic nitrogens is 1. The van der Waals surface area contributed by atoms with E-state index in [4.69, 9.17) is 0 Å². The SMILES string of the molecule is Brc1cccc(P(c2ccccc2)c2cccc(-n3c4ccccc4c4ccccc43)c2)c1.CC.CC.CC. The van der Waals surface area contributed by atoms with Crippen LogP contribution in [-0.4, -0.2) is 4.57 Å². The molecule has 200 valence electrons. The summed E-state index contributed by atoms with van der Waals surface area (Å²) in [7, 11) is -0.684. The second-order valence-electron chi connectivity index (χ2n) is 8.04. The predicted molar refractivity (Wildman–Crippen MR) is 181 cm³/mol. The molecule has 1 heterocycles. The van der Waals surface area contributed by atoms with Crippen LogP contribution in [0.5, 0.6) is 0 Å². The number of halogens is 1. The normalized spacial score (nSPS) is 10.8. The maximum Gasteiger partial charge on any atom is 0.0541 e. The molecule has 0 amide bonds. The summed E-state index contributed by atoms with van der Waals surface area (Å²) in [5.41, 5.74) is 3.67. The first-order valence-electron chi connectivity index (χ1n) is 14.0. The number of para-hydroxylation sites is 2. The van der Waals surface area contributed by atoms with Crippen LogP contribution >= 0.6 is 23.9 Å². The minimum absolute atomic E-state index is 0.684. The Bertz CT molecular complexity index is 1530. The van der Waals surface area contributed by atoms with Crippen LogP contribution in [0.15, 0.2) is 132 Å². The number of fused-ring (bicyclic) bond motifs is 3. The van der Waals surface area contributed by atoms with E-state index >= 15 is 0 Å². The lowest BCUT2D eigenvalue weighted by Gasteiger charge is -2.21. The number of rotatable bonds is 4. The Labute approximate surface area is 244 Å². The predicted octanol–water partition coefficient (Wildman–Crippen LogP) is 10.4. The molecule has 0 spiro atoms. The second kappa shape index (κ2) is 15.4. The Morgan fingerprint density at radius 1 is 0.462 bits per heavy atom. The van der Waals surface area contributed by atoms with Crippen molar-refractivity contribution in [3.05, 3.63) is 132 Å². The molecule has 1 nitrogen and oxygen atoms in total. The van der Waals surface area contributed by atoms with E-state index in [-0.39, 0.29) is 0 Å². The molecule has 1 aromatic heterocycles. The molecular weight excluding hydrogens is 557 g/mol. The first-order valence-corrected chi connectivity index (χ1v) is 16.1. The van der Waals surface area contributed by atoms with Crippen LogP contribution in [-0.2, 0) is 0 Å². The molecule has 3 heteroatoms. The lowest BCUT2D eigenvalue weighted by atomic mass is 10.2. The second-order valence-corrected chi connectivity index (χ2v) is 11.2. The van der Waals surface area contributed by atoms with Gasteiger partial charge in [0.2, 0.25) is 0 Å². The highest BCUT2D eigenvalue weighted by atomic mass is 79.9. The lowest BCUT2D eigenvalue weighted by Crippen LogP contribution is -2.21. The average Bonchev–Trinajstić information content (AvgIpc) is 3.36. The van der Waals surface area contributed by atoms with Crippen LogP contribution in [0.25, 0.3) is 27.5 Å². The molecular formula is C36H39BrNP. The van der Waals surface area contributed by atoms with Gasteiger partial charge in [0, 0.05) is 20.9 Å². The van der Waals surface area contributed by atoms with Crippen molar-refractivity contribution in [1.82, 2.24) is 4.57 Å². The van der Waals surface area contributed by atoms with Gasteiger partial charge in [0.15, 0.2) is 0 Å². The van der Waals surface area contributed by atoms with E-state index in [1.54, 1.807) is 0 Å². The van der Waals surface area contributed by atoms with Crippen molar-refractivity contribution in [2.45, 2.75) is 41.5 Å². The first kappa shape index (κ1) is 30.4. The molecule has 0 bridgehead atoms. The molecule has 1 atom stereocenters. The number of benzene rings is 5. The molecule has 5 aromatic carbocycles. The Morgan fingerprint density at radius 2 is 0.923 bits per heavy atom. The molecule has 0 saturated carbocycles. The maximum atomic E-state index is 3.68. The van der Waals surface area contributed by atoms with E-state index < -0.39 is 7.92 Å². The van der Waals surface area contributed by atoms with Gasteiger partial charge in [-0.25, -0.2) is 0 Å². The van der Waals surface area contributed by atoms with Crippen LogP contribution in [0, 0.1) is 0 Å². The number of hydrogen-bond acceptors (Lipinski definition) is 0. The molecule has 39 heavy (non-hydrogen) atoms. The number of hydrogen-bond donors (Lipinski definition) is 0. The van der Waals surface area contributed by atoms with Crippen molar-refractivity contribution in [1.29, 1.82) is 0 Å². The summed E-state index contributed by atoms with van der Waals surface area (Å²) in [4.78, 5) is 0. The fraction of sp³-hybridized carbons (Fsp3) is 0.167. The Kier molecular flexibility index (Phi) is 12.0. The van der Waals surface area contributed by atoms with Crippen molar-refractivity contribution in [2.75, 3.05) is 0 Å². The molecule has 0 fully saturated rings.